The zero-order chi connectivity index (χ0) is 31.2. The summed E-state index contributed by atoms with van der Waals surface area (Å²) < 4.78 is 2.36. The summed E-state index contributed by atoms with van der Waals surface area (Å²) in [6, 6.07) is 62.0. The summed E-state index contributed by atoms with van der Waals surface area (Å²) in [6.45, 7) is 0. The highest BCUT2D eigenvalue weighted by molar-refractivity contribution is 6.12. The molecule has 0 atom stereocenters. The molecule has 220 valence electrons. The Labute approximate surface area is 273 Å². The second-order valence-corrected chi connectivity index (χ2v) is 11.8. The zero-order valence-electron chi connectivity index (χ0n) is 25.6. The summed E-state index contributed by atoms with van der Waals surface area (Å²) in [7, 11) is 0. The zero-order valence-corrected chi connectivity index (χ0v) is 25.6. The second kappa shape index (κ2) is 11.2. The van der Waals surface area contributed by atoms with E-state index < -0.39 is 0 Å². The van der Waals surface area contributed by atoms with Crippen LogP contribution < -0.4 is 0 Å². The van der Waals surface area contributed by atoms with Crippen LogP contribution >= 0.6 is 0 Å². The minimum atomic E-state index is 0.718. The first-order valence-corrected chi connectivity index (χ1v) is 15.9. The molecule has 0 fully saturated rings. The smallest absolute Gasteiger partial charge is 0.160 e. The monoisotopic (exact) mass is 599 g/mol. The summed E-state index contributed by atoms with van der Waals surface area (Å²) in [5, 5.41) is 4.84. The van der Waals surface area contributed by atoms with Crippen molar-refractivity contribution in [2.75, 3.05) is 0 Å². The average Bonchev–Trinajstić information content (AvgIpc) is 3.49. The average molecular weight is 600 g/mol. The molecule has 47 heavy (non-hydrogen) atoms. The van der Waals surface area contributed by atoms with Gasteiger partial charge in [0.15, 0.2) is 5.82 Å². The molecule has 0 unspecified atom stereocenters. The van der Waals surface area contributed by atoms with Crippen molar-refractivity contribution in [1.82, 2.24) is 14.5 Å². The maximum atomic E-state index is 5.14. The molecule has 9 aromatic rings. The number of hydrogen-bond donors (Lipinski definition) is 0. The van der Waals surface area contributed by atoms with E-state index in [0.29, 0.717) is 0 Å². The molecule has 0 spiro atoms. The first kappa shape index (κ1) is 27.0. The molecule has 0 amide bonds. The van der Waals surface area contributed by atoms with Crippen LogP contribution in [0.5, 0.6) is 0 Å². The molecule has 0 N–H and O–H groups in total. The van der Waals surface area contributed by atoms with Gasteiger partial charge in [-0.25, -0.2) is 9.97 Å². The molecule has 0 radical (unpaired) electrons. The number of nitrogens with zero attached hydrogens (tertiary/aromatic N) is 3. The molecular weight excluding hydrogens is 571 g/mol. The first-order chi connectivity index (χ1) is 23.3. The Morgan fingerprint density at radius 3 is 1.64 bits per heavy atom. The van der Waals surface area contributed by atoms with Crippen LogP contribution in [0.4, 0.5) is 0 Å². The maximum absolute atomic E-state index is 5.14. The summed E-state index contributed by atoms with van der Waals surface area (Å²) in [5.74, 6) is 0.718. The highest BCUT2D eigenvalue weighted by Crippen LogP contribution is 2.39. The first-order valence-electron chi connectivity index (χ1n) is 15.9. The van der Waals surface area contributed by atoms with Crippen LogP contribution in [-0.2, 0) is 0 Å². The standard InChI is InChI=1S/C44H29N3/c1-4-14-30(15-5-1)40-29-41(46-44(45-40)31-16-6-2-7-17-31)37-26-25-34(35-20-10-11-21-36(35)37)32-24-27-43-39(28-32)38-22-12-13-23-42(38)47(43)33-18-8-3-9-19-33/h1-29H. The van der Waals surface area contributed by atoms with Gasteiger partial charge in [0, 0.05) is 33.2 Å². The lowest BCUT2D eigenvalue weighted by Gasteiger charge is -2.14. The van der Waals surface area contributed by atoms with Crippen molar-refractivity contribution in [3.05, 3.63) is 176 Å². The molecule has 3 nitrogen and oxygen atoms in total. The van der Waals surface area contributed by atoms with Gasteiger partial charge in [-0.15, -0.1) is 0 Å². The predicted octanol–water partition coefficient (Wildman–Crippen LogP) is 11.4. The largest absolute Gasteiger partial charge is 0.309 e. The number of aromatic nitrogens is 3. The molecule has 2 aromatic heterocycles. The number of benzene rings is 7. The minimum Gasteiger partial charge on any atom is -0.309 e. The van der Waals surface area contributed by atoms with Gasteiger partial charge < -0.3 is 4.57 Å². The lowest BCUT2D eigenvalue weighted by Crippen LogP contribution is -1.96. The van der Waals surface area contributed by atoms with E-state index in [9.17, 15) is 0 Å². The van der Waals surface area contributed by atoms with Crippen molar-refractivity contribution in [2.45, 2.75) is 0 Å². The topological polar surface area (TPSA) is 30.7 Å². The Balaban J connectivity index is 1.23. The number of para-hydroxylation sites is 2. The molecule has 0 aliphatic heterocycles. The van der Waals surface area contributed by atoms with Crippen LogP contribution in [0.25, 0.3) is 83.3 Å². The van der Waals surface area contributed by atoms with Crippen molar-refractivity contribution in [1.29, 1.82) is 0 Å². The molecule has 0 bridgehead atoms. The highest BCUT2D eigenvalue weighted by atomic mass is 15.0. The van der Waals surface area contributed by atoms with Crippen LogP contribution in [0.3, 0.4) is 0 Å². The Hall–Kier alpha value is -6.32. The molecule has 0 saturated heterocycles. The van der Waals surface area contributed by atoms with Crippen molar-refractivity contribution < 1.29 is 0 Å². The summed E-state index contributed by atoms with van der Waals surface area (Å²) in [4.78, 5) is 10.2. The van der Waals surface area contributed by atoms with E-state index >= 15 is 0 Å². The van der Waals surface area contributed by atoms with E-state index in [1.54, 1.807) is 0 Å². The van der Waals surface area contributed by atoms with Crippen LogP contribution in [-0.4, -0.2) is 14.5 Å². The van der Waals surface area contributed by atoms with Gasteiger partial charge in [0.25, 0.3) is 0 Å². The third kappa shape index (κ3) is 4.68. The minimum absolute atomic E-state index is 0.718. The van der Waals surface area contributed by atoms with Crippen molar-refractivity contribution in [3.63, 3.8) is 0 Å². The van der Waals surface area contributed by atoms with Crippen LogP contribution in [0.15, 0.2) is 176 Å². The van der Waals surface area contributed by atoms with Gasteiger partial charge in [0.05, 0.1) is 22.4 Å². The van der Waals surface area contributed by atoms with Gasteiger partial charge in [-0.05, 0) is 58.3 Å². The van der Waals surface area contributed by atoms with Gasteiger partial charge in [0.1, 0.15) is 0 Å². The predicted molar refractivity (Wildman–Crippen MR) is 196 cm³/mol. The highest BCUT2D eigenvalue weighted by Gasteiger charge is 2.17. The number of rotatable bonds is 5. The SMILES string of the molecule is c1ccc(-c2cc(-c3ccc(-c4ccc5c(c4)c4ccccc4n5-c4ccccc4)c4ccccc34)nc(-c3ccccc3)n2)cc1. The number of hydrogen-bond acceptors (Lipinski definition) is 2. The third-order valence-electron chi connectivity index (χ3n) is 9.03. The van der Waals surface area contributed by atoms with E-state index in [1.165, 1.54) is 38.3 Å². The Bertz CT molecular complexity index is 2490. The molecule has 7 aromatic carbocycles. The third-order valence-corrected chi connectivity index (χ3v) is 9.03. The fourth-order valence-corrected chi connectivity index (χ4v) is 6.83. The summed E-state index contributed by atoms with van der Waals surface area (Å²) >= 11 is 0. The van der Waals surface area contributed by atoms with E-state index in [2.05, 4.69) is 156 Å². The molecule has 9 rings (SSSR count). The quantitative estimate of drug-likeness (QED) is 0.197. The van der Waals surface area contributed by atoms with Crippen molar-refractivity contribution >= 4 is 32.6 Å². The Kier molecular flexibility index (Phi) is 6.46. The molecule has 0 saturated carbocycles. The lowest BCUT2D eigenvalue weighted by molar-refractivity contribution is 1.18. The Morgan fingerprint density at radius 2 is 0.894 bits per heavy atom. The van der Waals surface area contributed by atoms with Gasteiger partial charge in [0.2, 0.25) is 0 Å². The van der Waals surface area contributed by atoms with E-state index in [1.807, 2.05) is 24.3 Å². The Morgan fingerprint density at radius 1 is 0.340 bits per heavy atom. The van der Waals surface area contributed by atoms with E-state index in [-0.39, 0.29) is 0 Å². The van der Waals surface area contributed by atoms with Crippen LogP contribution in [0, 0.1) is 0 Å². The number of fused-ring (bicyclic) bond motifs is 4. The molecule has 2 heterocycles. The lowest BCUT2D eigenvalue weighted by atomic mass is 9.92. The van der Waals surface area contributed by atoms with Crippen molar-refractivity contribution in [3.8, 4) is 50.7 Å². The summed E-state index contributed by atoms with van der Waals surface area (Å²) in [5.41, 5.74) is 10.9. The maximum Gasteiger partial charge on any atom is 0.160 e. The van der Waals surface area contributed by atoms with Crippen LogP contribution in [0.1, 0.15) is 0 Å². The van der Waals surface area contributed by atoms with Crippen molar-refractivity contribution in [2.24, 2.45) is 0 Å². The second-order valence-electron chi connectivity index (χ2n) is 11.8. The molecular formula is C44H29N3. The van der Waals surface area contributed by atoms with E-state index in [0.717, 1.165) is 45.0 Å². The van der Waals surface area contributed by atoms with Gasteiger partial charge in [-0.2, -0.15) is 0 Å². The molecule has 3 heteroatoms. The molecule has 0 aliphatic carbocycles. The van der Waals surface area contributed by atoms with E-state index in [4.69, 9.17) is 9.97 Å². The summed E-state index contributed by atoms with van der Waals surface area (Å²) in [6.07, 6.45) is 0. The van der Waals surface area contributed by atoms with Crippen LogP contribution in [0.2, 0.25) is 0 Å². The fraction of sp³-hybridized carbons (Fsp3) is 0. The van der Waals surface area contributed by atoms with Gasteiger partial charge in [-0.1, -0.05) is 140 Å². The molecule has 0 aliphatic rings. The fourth-order valence-electron chi connectivity index (χ4n) is 6.83. The van der Waals surface area contributed by atoms with Gasteiger partial charge in [-0.3, -0.25) is 0 Å². The van der Waals surface area contributed by atoms with Gasteiger partial charge >= 0.3 is 0 Å². The normalized spacial score (nSPS) is 11.4.